The van der Waals surface area contributed by atoms with E-state index in [9.17, 15) is 4.79 Å². The van der Waals surface area contributed by atoms with Gasteiger partial charge in [-0.05, 0) is 49.3 Å². The summed E-state index contributed by atoms with van der Waals surface area (Å²) in [5, 5.41) is 0. The van der Waals surface area contributed by atoms with Gasteiger partial charge in [-0.1, -0.05) is 6.42 Å². The first kappa shape index (κ1) is 16.7. The molecular weight excluding hydrogens is 316 g/mol. The average molecular weight is 344 g/mol. The van der Waals surface area contributed by atoms with Crippen molar-refractivity contribution in [3.63, 3.8) is 0 Å². The van der Waals surface area contributed by atoms with Crippen molar-refractivity contribution in [2.45, 2.75) is 31.7 Å². The summed E-state index contributed by atoms with van der Waals surface area (Å²) in [7, 11) is 3.20. The minimum atomic E-state index is 0.0912. The van der Waals surface area contributed by atoms with Crippen molar-refractivity contribution < 1.29 is 14.3 Å². The van der Waals surface area contributed by atoms with Gasteiger partial charge in [0.25, 0.3) is 5.91 Å². The maximum atomic E-state index is 12.8. The summed E-state index contributed by atoms with van der Waals surface area (Å²) < 4.78 is 10.6. The second kappa shape index (κ2) is 6.87. The first-order chi connectivity index (χ1) is 12.2. The number of amides is 1. The summed E-state index contributed by atoms with van der Waals surface area (Å²) in [6.45, 7) is 3.65. The standard InChI is InChI=1S/C20H28N2O3/c1-24-18-6-5-16(13-19(18)25-2)20(23)22-9-7-21(8-10-22)17-12-14-3-4-15(17)11-14/h5-6,13-15,17H,3-4,7-12H2,1-2H3. The Hall–Kier alpha value is -1.75. The summed E-state index contributed by atoms with van der Waals surface area (Å²) in [6.07, 6.45) is 5.68. The molecule has 3 fully saturated rings. The Kier molecular flexibility index (Phi) is 4.59. The minimum Gasteiger partial charge on any atom is -0.493 e. The fourth-order valence-corrected chi connectivity index (χ4v) is 5.07. The number of nitrogens with zero attached hydrogens (tertiary/aromatic N) is 2. The molecule has 2 saturated carbocycles. The van der Waals surface area contributed by atoms with Crippen LogP contribution < -0.4 is 9.47 Å². The van der Waals surface area contributed by atoms with Crippen molar-refractivity contribution >= 4 is 5.91 Å². The number of piperazine rings is 1. The largest absolute Gasteiger partial charge is 0.493 e. The van der Waals surface area contributed by atoms with Crippen molar-refractivity contribution in [3.8, 4) is 11.5 Å². The van der Waals surface area contributed by atoms with Gasteiger partial charge in [-0.25, -0.2) is 0 Å². The van der Waals surface area contributed by atoms with E-state index in [1.54, 1.807) is 26.4 Å². The second-order valence-corrected chi connectivity index (χ2v) is 7.64. The molecule has 1 amide bonds. The van der Waals surface area contributed by atoms with Crippen molar-refractivity contribution in [1.29, 1.82) is 0 Å². The lowest BCUT2D eigenvalue weighted by Crippen LogP contribution is -2.53. The molecule has 1 aromatic carbocycles. The SMILES string of the molecule is COc1ccc(C(=O)N2CCN(C3CC4CCC3C4)CC2)cc1OC. The number of rotatable bonds is 4. The molecule has 0 radical (unpaired) electrons. The number of hydrogen-bond acceptors (Lipinski definition) is 4. The van der Waals surface area contributed by atoms with Gasteiger partial charge in [0.05, 0.1) is 14.2 Å². The van der Waals surface area contributed by atoms with Crippen molar-refractivity contribution in [2.75, 3.05) is 40.4 Å². The zero-order valence-electron chi connectivity index (χ0n) is 15.2. The molecule has 5 heteroatoms. The molecule has 1 saturated heterocycles. The maximum absolute atomic E-state index is 12.8. The third kappa shape index (κ3) is 3.10. The molecule has 4 rings (SSSR count). The zero-order chi connectivity index (χ0) is 17.4. The number of hydrogen-bond donors (Lipinski definition) is 0. The van der Waals surface area contributed by atoms with Crippen molar-refractivity contribution in [2.24, 2.45) is 11.8 Å². The molecule has 0 spiro atoms. The Morgan fingerprint density at radius 2 is 1.76 bits per heavy atom. The van der Waals surface area contributed by atoms with E-state index in [1.807, 2.05) is 11.0 Å². The summed E-state index contributed by atoms with van der Waals surface area (Å²) in [5.41, 5.74) is 0.672. The van der Waals surface area contributed by atoms with Crippen LogP contribution in [0.15, 0.2) is 18.2 Å². The van der Waals surface area contributed by atoms with Crippen LogP contribution in [-0.2, 0) is 0 Å². The smallest absolute Gasteiger partial charge is 0.254 e. The highest BCUT2D eigenvalue weighted by molar-refractivity contribution is 5.95. The van der Waals surface area contributed by atoms with Crippen LogP contribution in [-0.4, -0.2) is 62.1 Å². The minimum absolute atomic E-state index is 0.0912. The number of benzene rings is 1. The van der Waals surface area contributed by atoms with Gasteiger partial charge in [-0.3, -0.25) is 9.69 Å². The van der Waals surface area contributed by atoms with E-state index >= 15 is 0 Å². The molecule has 2 bridgehead atoms. The topological polar surface area (TPSA) is 42.0 Å². The van der Waals surface area contributed by atoms with Gasteiger partial charge in [0.2, 0.25) is 0 Å². The molecule has 0 N–H and O–H groups in total. The number of carbonyl (C=O) groups is 1. The second-order valence-electron chi connectivity index (χ2n) is 7.64. The first-order valence-electron chi connectivity index (χ1n) is 9.45. The molecule has 3 aliphatic rings. The number of ether oxygens (including phenoxy) is 2. The highest BCUT2D eigenvalue weighted by Crippen LogP contribution is 2.46. The van der Waals surface area contributed by atoms with Gasteiger partial charge in [0, 0.05) is 37.8 Å². The van der Waals surface area contributed by atoms with Gasteiger partial charge in [0.15, 0.2) is 11.5 Å². The molecule has 136 valence electrons. The van der Waals surface area contributed by atoms with E-state index in [4.69, 9.17) is 9.47 Å². The van der Waals surface area contributed by atoms with E-state index in [2.05, 4.69) is 4.90 Å². The Balaban J connectivity index is 1.38. The predicted molar refractivity (Wildman–Crippen MR) is 96.3 cm³/mol. The van der Waals surface area contributed by atoms with Crippen LogP contribution in [0.2, 0.25) is 0 Å². The van der Waals surface area contributed by atoms with Crippen LogP contribution >= 0.6 is 0 Å². The highest BCUT2D eigenvalue weighted by atomic mass is 16.5. The Morgan fingerprint density at radius 1 is 1.00 bits per heavy atom. The quantitative estimate of drug-likeness (QED) is 0.842. The van der Waals surface area contributed by atoms with Crippen LogP contribution in [0.3, 0.4) is 0 Å². The van der Waals surface area contributed by atoms with Crippen LogP contribution in [0.25, 0.3) is 0 Å². The Labute approximate surface area is 149 Å². The van der Waals surface area contributed by atoms with Gasteiger partial charge >= 0.3 is 0 Å². The molecule has 3 atom stereocenters. The van der Waals surface area contributed by atoms with E-state index in [-0.39, 0.29) is 5.91 Å². The summed E-state index contributed by atoms with van der Waals surface area (Å²) in [6, 6.07) is 6.18. The van der Waals surface area contributed by atoms with E-state index in [0.29, 0.717) is 17.1 Å². The highest BCUT2D eigenvalue weighted by Gasteiger charge is 2.42. The Morgan fingerprint density at radius 3 is 2.36 bits per heavy atom. The normalized spacial score (nSPS) is 29.0. The summed E-state index contributed by atoms with van der Waals surface area (Å²) in [4.78, 5) is 17.5. The molecule has 3 unspecified atom stereocenters. The summed E-state index contributed by atoms with van der Waals surface area (Å²) in [5.74, 6) is 3.24. The molecule has 25 heavy (non-hydrogen) atoms. The van der Waals surface area contributed by atoms with E-state index < -0.39 is 0 Å². The van der Waals surface area contributed by atoms with Crippen molar-refractivity contribution in [1.82, 2.24) is 9.80 Å². The predicted octanol–water partition coefficient (Wildman–Crippen LogP) is 2.65. The van der Waals surface area contributed by atoms with Gasteiger partial charge in [0.1, 0.15) is 0 Å². The van der Waals surface area contributed by atoms with Crippen LogP contribution in [0.1, 0.15) is 36.0 Å². The van der Waals surface area contributed by atoms with Gasteiger partial charge in [-0.15, -0.1) is 0 Å². The molecular formula is C20H28N2O3. The third-order valence-electron chi connectivity index (χ3n) is 6.40. The Bertz CT molecular complexity index is 640. The van der Waals surface area contributed by atoms with Gasteiger partial charge in [-0.2, -0.15) is 0 Å². The molecule has 5 nitrogen and oxygen atoms in total. The molecule has 1 aliphatic heterocycles. The van der Waals surface area contributed by atoms with Crippen LogP contribution in [0, 0.1) is 11.8 Å². The van der Waals surface area contributed by atoms with Crippen LogP contribution in [0.5, 0.6) is 11.5 Å². The molecule has 1 aromatic rings. The number of methoxy groups -OCH3 is 2. The molecule has 0 aromatic heterocycles. The van der Waals surface area contributed by atoms with Crippen LogP contribution in [0.4, 0.5) is 0 Å². The van der Waals surface area contributed by atoms with Crippen molar-refractivity contribution in [3.05, 3.63) is 23.8 Å². The number of fused-ring (bicyclic) bond motifs is 2. The lowest BCUT2D eigenvalue weighted by Gasteiger charge is -2.41. The lowest BCUT2D eigenvalue weighted by atomic mass is 9.93. The fourth-order valence-electron chi connectivity index (χ4n) is 5.07. The lowest BCUT2D eigenvalue weighted by molar-refractivity contribution is 0.0495. The number of carbonyl (C=O) groups excluding carboxylic acids is 1. The monoisotopic (exact) mass is 344 g/mol. The summed E-state index contributed by atoms with van der Waals surface area (Å²) >= 11 is 0. The average Bonchev–Trinajstić information content (AvgIpc) is 3.30. The first-order valence-corrected chi connectivity index (χ1v) is 9.45. The molecule has 2 aliphatic carbocycles. The third-order valence-corrected chi connectivity index (χ3v) is 6.40. The zero-order valence-corrected chi connectivity index (χ0v) is 15.2. The van der Waals surface area contributed by atoms with E-state index in [0.717, 1.165) is 44.1 Å². The van der Waals surface area contributed by atoms with Gasteiger partial charge < -0.3 is 14.4 Å². The fraction of sp³-hybridized carbons (Fsp3) is 0.650. The molecule has 1 heterocycles. The van der Waals surface area contributed by atoms with E-state index in [1.165, 1.54) is 25.7 Å². The maximum Gasteiger partial charge on any atom is 0.254 e.